The fraction of sp³-hybridized carbons (Fsp3) is 0.214. The van der Waals surface area contributed by atoms with E-state index in [9.17, 15) is 8.42 Å². The summed E-state index contributed by atoms with van der Waals surface area (Å²) in [6.07, 6.45) is 1.65. The highest BCUT2D eigenvalue weighted by Gasteiger charge is 2.20. The van der Waals surface area contributed by atoms with E-state index in [0.717, 1.165) is 11.3 Å². The van der Waals surface area contributed by atoms with Crippen molar-refractivity contribution in [1.82, 2.24) is 9.29 Å². The van der Waals surface area contributed by atoms with Gasteiger partial charge >= 0.3 is 0 Å². The molecule has 5 heteroatoms. The molecule has 100 valence electrons. The highest BCUT2D eigenvalue weighted by Crippen LogP contribution is 2.16. The van der Waals surface area contributed by atoms with Crippen LogP contribution in [0.4, 0.5) is 0 Å². The summed E-state index contributed by atoms with van der Waals surface area (Å²) in [6.45, 7) is 2.19. The van der Waals surface area contributed by atoms with E-state index in [1.807, 2.05) is 13.0 Å². The van der Waals surface area contributed by atoms with E-state index in [4.69, 9.17) is 0 Å². The summed E-state index contributed by atoms with van der Waals surface area (Å²) in [5.41, 5.74) is 1.76. The van der Waals surface area contributed by atoms with Crippen LogP contribution in [0.5, 0.6) is 0 Å². The van der Waals surface area contributed by atoms with Crippen molar-refractivity contribution in [2.45, 2.75) is 18.4 Å². The van der Waals surface area contributed by atoms with Gasteiger partial charge in [-0.1, -0.05) is 23.8 Å². The molecule has 1 aromatic heterocycles. The monoisotopic (exact) mass is 276 g/mol. The van der Waals surface area contributed by atoms with Crippen LogP contribution in [0, 0.1) is 6.92 Å². The average molecular weight is 276 g/mol. The van der Waals surface area contributed by atoms with Gasteiger partial charge in [-0.2, -0.15) is 4.31 Å². The topological polar surface area (TPSA) is 50.3 Å². The maximum absolute atomic E-state index is 12.3. The number of rotatable bonds is 4. The van der Waals surface area contributed by atoms with Crippen LogP contribution < -0.4 is 0 Å². The molecule has 0 bridgehead atoms. The highest BCUT2D eigenvalue weighted by atomic mass is 32.2. The highest BCUT2D eigenvalue weighted by molar-refractivity contribution is 7.89. The first-order valence-corrected chi connectivity index (χ1v) is 7.37. The molecule has 1 heterocycles. The molecule has 0 amide bonds. The summed E-state index contributed by atoms with van der Waals surface area (Å²) in [6, 6.07) is 12.3. The summed E-state index contributed by atoms with van der Waals surface area (Å²) in [7, 11) is -1.90. The number of hydrogen-bond donors (Lipinski definition) is 0. The summed E-state index contributed by atoms with van der Waals surface area (Å²) in [4.78, 5) is 4.44. The number of sulfonamides is 1. The van der Waals surface area contributed by atoms with E-state index in [-0.39, 0.29) is 6.54 Å². The van der Waals surface area contributed by atoms with E-state index in [2.05, 4.69) is 4.98 Å². The fourth-order valence-electron chi connectivity index (χ4n) is 1.69. The van der Waals surface area contributed by atoms with Crippen molar-refractivity contribution in [3.05, 3.63) is 59.9 Å². The third kappa shape index (κ3) is 3.19. The second-order valence-electron chi connectivity index (χ2n) is 4.40. The molecule has 0 aliphatic rings. The van der Waals surface area contributed by atoms with Crippen molar-refractivity contribution in [1.29, 1.82) is 0 Å². The third-order valence-corrected chi connectivity index (χ3v) is 4.66. The van der Waals surface area contributed by atoms with Crippen molar-refractivity contribution in [2.24, 2.45) is 0 Å². The van der Waals surface area contributed by atoms with E-state index in [1.165, 1.54) is 4.31 Å². The Kier molecular flexibility index (Phi) is 3.97. The molecule has 0 fully saturated rings. The third-order valence-electron chi connectivity index (χ3n) is 2.84. The Morgan fingerprint density at radius 1 is 1.11 bits per heavy atom. The zero-order valence-electron chi connectivity index (χ0n) is 10.9. The molecule has 0 N–H and O–H groups in total. The molecule has 1 aromatic carbocycles. The van der Waals surface area contributed by atoms with Crippen LogP contribution in [0.1, 0.15) is 11.3 Å². The van der Waals surface area contributed by atoms with Gasteiger partial charge in [-0.25, -0.2) is 8.42 Å². The average Bonchev–Trinajstić information content (AvgIpc) is 2.40. The van der Waals surface area contributed by atoms with Gasteiger partial charge in [-0.05, 0) is 31.2 Å². The van der Waals surface area contributed by atoms with Crippen LogP contribution >= 0.6 is 0 Å². The molecule has 2 aromatic rings. The number of hydrogen-bond acceptors (Lipinski definition) is 3. The molecule has 0 aliphatic heterocycles. The number of aromatic nitrogens is 1. The molecule has 0 aliphatic carbocycles. The summed E-state index contributed by atoms with van der Waals surface area (Å²) in [5, 5.41) is 0. The van der Waals surface area contributed by atoms with E-state index < -0.39 is 10.0 Å². The summed E-state index contributed by atoms with van der Waals surface area (Å²) in [5.74, 6) is 0. The second kappa shape index (κ2) is 5.50. The minimum atomic E-state index is -3.46. The molecular weight excluding hydrogens is 260 g/mol. The van der Waals surface area contributed by atoms with Gasteiger partial charge in [0.1, 0.15) is 0 Å². The van der Waals surface area contributed by atoms with Gasteiger partial charge < -0.3 is 0 Å². The summed E-state index contributed by atoms with van der Waals surface area (Å²) < 4.78 is 26.0. The Hall–Kier alpha value is -1.72. The van der Waals surface area contributed by atoms with Crippen molar-refractivity contribution >= 4 is 10.0 Å². The zero-order valence-corrected chi connectivity index (χ0v) is 11.8. The lowest BCUT2D eigenvalue weighted by Gasteiger charge is -2.16. The van der Waals surface area contributed by atoms with Gasteiger partial charge in [0.05, 0.1) is 17.1 Å². The smallest absolute Gasteiger partial charge is 0.243 e. The number of nitrogens with zero attached hydrogens (tertiary/aromatic N) is 2. The van der Waals surface area contributed by atoms with Crippen LogP contribution in [-0.4, -0.2) is 24.8 Å². The molecule has 0 atom stereocenters. The fourth-order valence-corrected chi connectivity index (χ4v) is 2.84. The SMILES string of the molecule is Cc1ccc(S(=O)(=O)N(C)Cc2ccccn2)cc1. The predicted octanol–water partition coefficient (Wildman–Crippen LogP) is 2.21. The standard InChI is InChI=1S/C14H16N2O2S/c1-12-6-8-14(9-7-12)19(17,18)16(2)11-13-5-3-4-10-15-13/h3-10H,11H2,1-2H3. The van der Waals surface area contributed by atoms with Gasteiger partial charge in [0.25, 0.3) is 0 Å². The normalized spacial score (nSPS) is 11.7. The molecule has 2 rings (SSSR count). The molecule has 0 saturated heterocycles. The van der Waals surface area contributed by atoms with Crippen molar-refractivity contribution in [3.8, 4) is 0 Å². The first-order chi connectivity index (χ1) is 9.00. The van der Waals surface area contributed by atoms with Crippen LogP contribution in [0.25, 0.3) is 0 Å². The Morgan fingerprint density at radius 2 is 1.79 bits per heavy atom. The van der Waals surface area contributed by atoms with E-state index in [1.54, 1.807) is 49.6 Å². The number of benzene rings is 1. The number of aryl methyl sites for hydroxylation is 1. The van der Waals surface area contributed by atoms with Gasteiger partial charge in [-0.3, -0.25) is 4.98 Å². The maximum Gasteiger partial charge on any atom is 0.243 e. The largest absolute Gasteiger partial charge is 0.260 e. The lowest BCUT2D eigenvalue weighted by atomic mass is 10.2. The van der Waals surface area contributed by atoms with Gasteiger partial charge in [0, 0.05) is 13.2 Å². The van der Waals surface area contributed by atoms with Crippen molar-refractivity contribution < 1.29 is 8.42 Å². The Morgan fingerprint density at radius 3 is 2.37 bits per heavy atom. The lowest BCUT2D eigenvalue weighted by Crippen LogP contribution is -2.26. The molecule has 0 spiro atoms. The predicted molar refractivity (Wildman–Crippen MR) is 74.1 cm³/mol. The maximum atomic E-state index is 12.3. The van der Waals surface area contributed by atoms with E-state index >= 15 is 0 Å². The van der Waals surface area contributed by atoms with Gasteiger partial charge in [0.2, 0.25) is 10.0 Å². The van der Waals surface area contributed by atoms with Crippen molar-refractivity contribution in [3.63, 3.8) is 0 Å². The molecule has 4 nitrogen and oxygen atoms in total. The van der Waals surface area contributed by atoms with E-state index in [0.29, 0.717) is 4.90 Å². The Bertz CT molecular complexity index is 637. The Labute approximate surface area is 113 Å². The minimum absolute atomic E-state index is 0.261. The quantitative estimate of drug-likeness (QED) is 0.860. The molecule has 0 saturated carbocycles. The van der Waals surface area contributed by atoms with Crippen LogP contribution in [-0.2, 0) is 16.6 Å². The first kappa shape index (κ1) is 13.7. The molecular formula is C14H16N2O2S. The van der Waals surface area contributed by atoms with Gasteiger partial charge in [-0.15, -0.1) is 0 Å². The Balaban J connectivity index is 2.22. The molecule has 0 radical (unpaired) electrons. The molecule has 19 heavy (non-hydrogen) atoms. The summed E-state index contributed by atoms with van der Waals surface area (Å²) >= 11 is 0. The zero-order chi connectivity index (χ0) is 13.9. The first-order valence-electron chi connectivity index (χ1n) is 5.93. The minimum Gasteiger partial charge on any atom is -0.260 e. The lowest BCUT2D eigenvalue weighted by molar-refractivity contribution is 0.462. The van der Waals surface area contributed by atoms with Crippen LogP contribution in [0.3, 0.4) is 0 Å². The van der Waals surface area contributed by atoms with Crippen LogP contribution in [0.15, 0.2) is 53.6 Å². The van der Waals surface area contributed by atoms with Gasteiger partial charge in [0.15, 0.2) is 0 Å². The van der Waals surface area contributed by atoms with Crippen LogP contribution in [0.2, 0.25) is 0 Å². The molecule has 0 unspecified atom stereocenters. The second-order valence-corrected chi connectivity index (χ2v) is 6.44. The number of pyridine rings is 1. The van der Waals surface area contributed by atoms with Crippen molar-refractivity contribution in [2.75, 3.05) is 7.05 Å².